The number of aromatic nitrogens is 3. The van der Waals surface area contributed by atoms with E-state index < -0.39 is 0 Å². The molecule has 0 aliphatic heterocycles. The maximum absolute atomic E-state index is 9.95. The molecule has 2 aromatic heterocycles. The van der Waals surface area contributed by atoms with E-state index in [2.05, 4.69) is 15.1 Å². The van der Waals surface area contributed by atoms with Crippen LogP contribution in [0.5, 0.6) is 0 Å². The molecule has 0 aromatic carbocycles. The molecule has 0 bridgehead atoms. The minimum Gasteiger partial charge on any atom is -0.393 e. The molecule has 1 fully saturated rings. The van der Waals surface area contributed by atoms with Crippen molar-refractivity contribution in [3.05, 3.63) is 30.4 Å². The van der Waals surface area contributed by atoms with Gasteiger partial charge >= 0.3 is 0 Å². The topological polar surface area (TPSA) is 72.0 Å². The molecule has 0 amide bonds. The lowest BCUT2D eigenvalue weighted by atomic mass is 9.84. The molecule has 0 saturated heterocycles. The molecule has 5 nitrogen and oxygen atoms in total. The van der Waals surface area contributed by atoms with E-state index in [-0.39, 0.29) is 12.0 Å². The van der Waals surface area contributed by atoms with Crippen LogP contribution in [0.15, 0.2) is 29.0 Å². The predicted molar refractivity (Wildman–Crippen MR) is 69.2 cm³/mol. The fourth-order valence-electron chi connectivity index (χ4n) is 2.60. The van der Waals surface area contributed by atoms with Crippen LogP contribution in [0.25, 0.3) is 11.4 Å². The van der Waals surface area contributed by atoms with Crippen molar-refractivity contribution in [1.82, 2.24) is 15.1 Å². The van der Waals surface area contributed by atoms with Crippen molar-refractivity contribution in [1.29, 1.82) is 0 Å². The number of pyridine rings is 1. The lowest BCUT2D eigenvalue weighted by Gasteiger charge is -2.26. The lowest BCUT2D eigenvalue weighted by molar-refractivity contribution is 0.0657. The summed E-state index contributed by atoms with van der Waals surface area (Å²) in [5.74, 6) is 1.41. The number of rotatable bonds is 3. The maximum Gasteiger partial charge on any atom is 0.227 e. The van der Waals surface area contributed by atoms with Gasteiger partial charge in [0, 0.05) is 24.4 Å². The molecule has 1 N–H and O–H groups in total. The Kier molecular flexibility index (Phi) is 3.55. The zero-order valence-electron chi connectivity index (χ0n) is 10.7. The van der Waals surface area contributed by atoms with Gasteiger partial charge < -0.3 is 9.63 Å². The molecule has 5 heteroatoms. The Balaban J connectivity index is 1.71. The third kappa shape index (κ3) is 2.81. The first kappa shape index (κ1) is 12.3. The van der Waals surface area contributed by atoms with Gasteiger partial charge in [0.1, 0.15) is 0 Å². The summed E-state index contributed by atoms with van der Waals surface area (Å²) in [6, 6.07) is 3.74. The first-order valence-corrected chi connectivity index (χ1v) is 6.74. The molecule has 2 unspecified atom stereocenters. The average molecular weight is 259 g/mol. The van der Waals surface area contributed by atoms with E-state index >= 15 is 0 Å². The molecular weight excluding hydrogens is 242 g/mol. The number of aliphatic hydroxyl groups is 1. The van der Waals surface area contributed by atoms with Gasteiger partial charge in [-0.2, -0.15) is 4.98 Å². The molecule has 1 aliphatic carbocycles. The molecule has 2 aromatic rings. The van der Waals surface area contributed by atoms with Crippen LogP contribution in [0, 0.1) is 5.92 Å². The molecule has 100 valence electrons. The Morgan fingerprint density at radius 3 is 3.00 bits per heavy atom. The van der Waals surface area contributed by atoms with Crippen molar-refractivity contribution in [3.8, 4) is 11.4 Å². The summed E-state index contributed by atoms with van der Waals surface area (Å²) in [5, 5.41) is 13.9. The van der Waals surface area contributed by atoms with Crippen LogP contribution in [-0.4, -0.2) is 26.3 Å². The minimum absolute atomic E-state index is 0.234. The second-order valence-corrected chi connectivity index (χ2v) is 5.07. The Morgan fingerprint density at radius 1 is 1.32 bits per heavy atom. The van der Waals surface area contributed by atoms with Crippen LogP contribution in [0.2, 0.25) is 0 Å². The van der Waals surface area contributed by atoms with Crippen LogP contribution in [0.3, 0.4) is 0 Å². The third-order valence-electron chi connectivity index (χ3n) is 3.69. The zero-order chi connectivity index (χ0) is 13.1. The van der Waals surface area contributed by atoms with Gasteiger partial charge in [-0.1, -0.05) is 18.0 Å². The largest absolute Gasteiger partial charge is 0.393 e. The molecule has 19 heavy (non-hydrogen) atoms. The number of aliphatic hydroxyl groups excluding tert-OH is 1. The predicted octanol–water partition coefficient (Wildman–Crippen LogP) is 2.23. The molecule has 2 atom stereocenters. The summed E-state index contributed by atoms with van der Waals surface area (Å²) in [6.45, 7) is 0. The van der Waals surface area contributed by atoms with E-state index in [0.717, 1.165) is 24.8 Å². The molecule has 1 saturated carbocycles. The summed E-state index contributed by atoms with van der Waals surface area (Å²) >= 11 is 0. The molecule has 0 radical (unpaired) electrons. The fourth-order valence-corrected chi connectivity index (χ4v) is 2.60. The third-order valence-corrected chi connectivity index (χ3v) is 3.69. The molecule has 1 aliphatic rings. The number of nitrogens with zero attached hydrogens (tertiary/aromatic N) is 3. The van der Waals surface area contributed by atoms with Gasteiger partial charge in [0.05, 0.1) is 6.10 Å². The summed E-state index contributed by atoms with van der Waals surface area (Å²) in [7, 11) is 0. The fraction of sp³-hybridized carbons (Fsp3) is 0.500. The number of hydrogen-bond donors (Lipinski definition) is 1. The molecule has 0 spiro atoms. The van der Waals surface area contributed by atoms with Gasteiger partial charge in [-0.3, -0.25) is 4.98 Å². The monoisotopic (exact) mass is 259 g/mol. The summed E-state index contributed by atoms with van der Waals surface area (Å²) < 4.78 is 5.27. The van der Waals surface area contributed by atoms with Crippen LogP contribution in [0.4, 0.5) is 0 Å². The van der Waals surface area contributed by atoms with Crippen molar-refractivity contribution in [2.45, 2.75) is 38.2 Å². The first-order chi connectivity index (χ1) is 9.33. The quantitative estimate of drug-likeness (QED) is 0.915. The SMILES string of the molecule is OC1CCCCC1Cc1nc(-c2cccnc2)no1. The zero-order valence-corrected chi connectivity index (χ0v) is 10.7. The lowest BCUT2D eigenvalue weighted by Crippen LogP contribution is -2.26. The van der Waals surface area contributed by atoms with Crippen LogP contribution in [0.1, 0.15) is 31.6 Å². The van der Waals surface area contributed by atoms with E-state index in [1.54, 1.807) is 12.4 Å². The van der Waals surface area contributed by atoms with Gasteiger partial charge in [0.15, 0.2) is 0 Å². The average Bonchev–Trinajstić information content (AvgIpc) is 2.91. The van der Waals surface area contributed by atoms with Crippen LogP contribution < -0.4 is 0 Å². The van der Waals surface area contributed by atoms with E-state index in [1.165, 1.54) is 6.42 Å². The highest BCUT2D eigenvalue weighted by molar-refractivity contribution is 5.51. The highest BCUT2D eigenvalue weighted by Gasteiger charge is 2.25. The van der Waals surface area contributed by atoms with Crippen LogP contribution >= 0.6 is 0 Å². The van der Waals surface area contributed by atoms with Crippen LogP contribution in [-0.2, 0) is 6.42 Å². The second-order valence-electron chi connectivity index (χ2n) is 5.07. The second kappa shape index (κ2) is 5.48. The summed E-state index contributed by atoms with van der Waals surface area (Å²) in [4.78, 5) is 8.42. The van der Waals surface area contributed by atoms with Gasteiger partial charge in [-0.25, -0.2) is 0 Å². The van der Waals surface area contributed by atoms with Gasteiger partial charge in [-0.05, 0) is 30.9 Å². The maximum atomic E-state index is 9.95. The summed E-state index contributed by atoms with van der Waals surface area (Å²) in [5.41, 5.74) is 0.849. The highest BCUT2D eigenvalue weighted by Crippen LogP contribution is 2.27. The van der Waals surface area contributed by atoms with Crippen molar-refractivity contribution in [2.75, 3.05) is 0 Å². The Labute approximate surface area is 111 Å². The Bertz CT molecular complexity index is 526. The molecule has 2 heterocycles. The standard InChI is InChI=1S/C14H17N3O2/c18-12-6-2-1-4-10(12)8-13-16-14(17-19-13)11-5-3-7-15-9-11/h3,5,7,9-10,12,18H,1-2,4,6,8H2. The Morgan fingerprint density at radius 2 is 2.21 bits per heavy atom. The van der Waals surface area contributed by atoms with Gasteiger partial charge in [0.25, 0.3) is 0 Å². The smallest absolute Gasteiger partial charge is 0.227 e. The molecule has 3 rings (SSSR count). The van der Waals surface area contributed by atoms with Crippen molar-refractivity contribution in [2.24, 2.45) is 5.92 Å². The number of hydrogen-bond acceptors (Lipinski definition) is 5. The van der Waals surface area contributed by atoms with Gasteiger partial charge in [0.2, 0.25) is 11.7 Å². The minimum atomic E-state index is -0.234. The van der Waals surface area contributed by atoms with E-state index in [4.69, 9.17) is 4.52 Å². The van der Waals surface area contributed by atoms with E-state index in [9.17, 15) is 5.11 Å². The molecular formula is C14H17N3O2. The highest BCUT2D eigenvalue weighted by atomic mass is 16.5. The Hall–Kier alpha value is -1.75. The van der Waals surface area contributed by atoms with Gasteiger partial charge in [-0.15, -0.1) is 0 Å². The van der Waals surface area contributed by atoms with Crippen molar-refractivity contribution in [3.63, 3.8) is 0 Å². The first-order valence-electron chi connectivity index (χ1n) is 6.74. The summed E-state index contributed by atoms with van der Waals surface area (Å²) in [6.07, 6.45) is 8.05. The van der Waals surface area contributed by atoms with Crippen molar-refractivity contribution >= 4 is 0 Å². The van der Waals surface area contributed by atoms with E-state index in [0.29, 0.717) is 18.1 Å². The van der Waals surface area contributed by atoms with E-state index in [1.807, 2.05) is 12.1 Å². The van der Waals surface area contributed by atoms with Crippen molar-refractivity contribution < 1.29 is 9.63 Å². The normalized spacial score (nSPS) is 23.4.